The normalized spacial score (nSPS) is 12.5. The smallest absolute Gasteiger partial charge is 0.300 e. The Balaban J connectivity index is 0.000000780. The number of piperidine rings is 1. The molecule has 2 aromatic heterocycles. The number of carboxylic acids is 1. The Kier molecular flexibility index (Phi) is 11.1. The molecular weight excluding hydrogens is 567 g/mol. The predicted octanol–water partition coefficient (Wildman–Crippen LogP) is 5.22. The third-order valence-electron chi connectivity index (χ3n) is 6.65. The van der Waals surface area contributed by atoms with Gasteiger partial charge in [-0.1, -0.05) is 12.1 Å². The second-order valence-electron chi connectivity index (χ2n) is 9.61. The van der Waals surface area contributed by atoms with Crippen molar-refractivity contribution in [3.05, 3.63) is 71.2 Å². The van der Waals surface area contributed by atoms with E-state index in [4.69, 9.17) is 19.7 Å². The number of aliphatic carboxylic acids is 1. The van der Waals surface area contributed by atoms with Crippen LogP contribution in [0.25, 0.3) is 16.9 Å². The minimum Gasteiger partial charge on any atom is -0.495 e. The summed E-state index contributed by atoms with van der Waals surface area (Å²) in [7, 11) is 4.36. The highest BCUT2D eigenvalue weighted by Crippen LogP contribution is 2.37. The quantitative estimate of drug-likeness (QED) is 0.299. The molecule has 5 rings (SSSR count). The Morgan fingerprint density at radius 1 is 1.00 bits per heavy atom. The van der Waals surface area contributed by atoms with E-state index in [1.165, 1.54) is 4.52 Å². The number of aliphatic hydroxyl groups excluding tert-OH is 1. The number of aliphatic hydroxyl groups is 1. The van der Waals surface area contributed by atoms with E-state index in [-0.39, 0.29) is 22.9 Å². The molecule has 0 saturated carbocycles. The summed E-state index contributed by atoms with van der Waals surface area (Å²) in [4.78, 5) is 30.3. The Hall–Kier alpha value is -4.65. The van der Waals surface area contributed by atoms with Gasteiger partial charge in [0.05, 0.1) is 18.5 Å². The van der Waals surface area contributed by atoms with Gasteiger partial charge in [0.2, 0.25) is 0 Å². The molecule has 1 amide bonds. The Bertz CT molecular complexity index is 1580. The number of aryl methyl sites for hydroxylation is 1. The van der Waals surface area contributed by atoms with Gasteiger partial charge in [0.25, 0.3) is 11.9 Å². The van der Waals surface area contributed by atoms with Gasteiger partial charge < -0.3 is 24.7 Å². The maximum atomic E-state index is 14.1. The lowest BCUT2D eigenvalue weighted by molar-refractivity contribution is -0.134. The predicted molar refractivity (Wildman–Crippen MR) is 155 cm³/mol. The molecule has 0 radical (unpaired) electrons. The molecule has 43 heavy (non-hydrogen) atoms. The highest BCUT2D eigenvalue weighted by Gasteiger charge is 2.24. The van der Waals surface area contributed by atoms with Crippen LogP contribution in [0.1, 0.15) is 42.2 Å². The second kappa shape index (κ2) is 14.5. The zero-order valence-corrected chi connectivity index (χ0v) is 24.6. The number of benzene rings is 2. The van der Waals surface area contributed by atoms with E-state index in [1.807, 2.05) is 30.0 Å². The van der Waals surface area contributed by atoms with Gasteiger partial charge in [-0.25, -0.2) is 18.2 Å². The summed E-state index contributed by atoms with van der Waals surface area (Å²) in [6.07, 6.45) is 2.95. The molecule has 2 N–H and O–H groups in total. The van der Waals surface area contributed by atoms with E-state index in [0.29, 0.717) is 30.3 Å². The fourth-order valence-corrected chi connectivity index (χ4v) is 4.75. The van der Waals surface area contributed by atoms with E-state index in [0.717, 1.165) is 56.7 Å². The van der Waals surface area contributed by atoms with Crippen LogP contribution >= 0.6 is 0 Å². The molecule has 0 spiro atoms. The summed E-state index contributed by atoms with van der Waals surface area (Å²) in [5.41, 5.74) is 2.40. The van der Waals surface area contributed by atoms with Crippen LogP contribution < -0.4 is 9.64 Å². The van der Waals surface area contributed by atoms with Gasteiger partial charge in [-0.05, 0) is 49.9 Å². The van der Waals surface area contributed by atoms with Gasteiger partial charge in [-0.2, -0.15) is 9.61 Å². The number of likely N-dealkylation sites (tertiary alicyclic amines) is 1. The molecule has 0 unspecified atom stereocenters. The van der Waals surface area contributed by atoms with E-state index in [9.17, 15) is 18.0 Å². The molecule has 1 aliphatic rings. The topological polar surface area (TPSA) is 120 Å². The molecule has 13 heteroatoms. The van der Waals surface area contributed by atoms with E-state index >= 15 is 0 Å². The number of rotatable bonds is 5. The molecule has 0 atom stereocenters. The average molecular weight is 602 g/mol. The zero-order valence-electron chi connectivity index (χ0n) is 24.6. The number of carbonyl (C=O) groups excluding carboxylic acids is 1. The van der Waals surface area contributed by atoms with Gasteiger partial charge in [0.15, 0.2) is 28.8 Å². The fraction of sp³-hybridized carbons (Fsp3) is 0.333. The number of fused-ring (bicyclic) bond motifs is 1. The highest BCUT2D eigenvalue weighted by atomic mass is 19.2. The van der Waals surface area contributed by atoms with Crippen molar-refractivity contribution in [2.45, 2.75) is 33.1 Å². The van der Waals surface area contributed by atoms with Crippen LogP contribution in [0, 0.1) is 24.4 Å². The first-order valence-corrected chi connectivity index (χ1v) is 13.4. The summed E-state index contributed by atoms with van der Waals surface area (Å²) >= 11 is 0. The molecule has 0 bridgehead atoms. The summed E-state index contributed by atoms with van der Waals surface area (Å²) in [5.74, 6) is -4.15. The second-order valence-corrected chi connectivity index (χ2v) is 9.61. The number of para-hydroxylation sites is 1. The average Bonchev–Trinajstić information content (AvgIpc) is 3.44. The number of methoxy groups -OCH3 is 1. The SMILES string of the molecule is CC(=O)O.CO.COc1cccc(C)c1N(C)c1cc(-c2cc(F)c(F)c(F)c2)nc2cc(C(=O)N3CCCCC3)nn12. The first kappa shape index (κ1) is 32.9. The molecule has 1 aliphatic heterocycles. The van der Waals surface area contributed by atoms with Crippen molar-refractivity contribution in [1.29, 1.82) is 0 Å². The van der Waals surface area contributed by atoms with Crippen LogP contribution in [-0.2, 0) is 4.79 Å². The number of aromatic nitrogens is 3. The highest BCUT2D eigenvalue weighted by molar-refractivity contribution is 5.93. The lowest BCUT2D eigenvalue weighted by Crippen LogP contribution is -2.35. The minimum atomic E-state index is -1.55. The first-order valence-electron chi connectivity index (χ1n) is 13.4. The van der Waals surface area contributed by atoms with Gasteiger partial charge in [0.1, 0.15) is 11.6 Å². The summed E-state index contributed by atoms with van der Waals surface area (Å²) < 4.78 is 48.9. The fourth-order valence-electron chi connectivity index (χ4n) is 4.75. The monoisotopic (exact) mass is 601 g/mol. The molecule has 3 heterocycles. The van der Waals surface area contributed by atoms with Crippen LogP contribution in [0.2, 0.25) is 0 Å². The van der Waals surface area contributed by atoms with Crippen LogP contribution in [0.15, 0.2) is 42.5 Å². The maximum Gasteiger partial charge on any atom is 0.300 e. The molecule has 1 fully saturated rings. The van der Waals surface area contributed by atoms with Gasteiger partial charge in [-0.3, -0.25) is 9.59 Å². The van der Waals surface area contributed by atoms with E-state index in [1.54, 1.807) is 31.2 Å². The number of amides is 1. The molecule has 4 aromatic rings. The third kappa shape index (κ3) is 7.41. The number of ether oxygens (including phenoxy) is 1. The van der Waals surface area contributed by atoms with Crippen molar-refractivity contribution < 1.29 is 37.7 Å². The molecule has 2 aromatic carbocycles. The van der Waals surface area contributed by atoms with Crippen LogP contribution in [0.4, 0.5) is 24.7 Å². The number of hydrogen-bond donors (Lipinski definition) is 2. The van der Waals surface area contributed by atoms with Crippen molar-refractivity contribution in [2.75, 3.05) is 39.3 Å². The molecular formula is C30H34F3N5O5. The Morgan fingerprint density at radius 2 is 1.60 bits per heavy atom. The summed E-state index contributed by atoms with van der Waals surface area (Å²) in [6, 6.07) is 10.5. The van der Waals surface area contributed by atoms with Crippen LogP contribution in [0.5, 0.6) is 5.75 Å². The van der Waals surface area contributed by atoms with E-state index in [2.05, 4.69) is 10.1 Å². The molecule has 230 valence electrons. The number of carbonyl (C=O) groups is 2. The number of nitrogens with zero attached hydrogens (tertiary/aromatic N) is 5. The van der Waals surface area contributed by atoms with Crippen molar-refractivity contribution in [1.82, 2.24) is 19.5 Å². The Morgan fingerprint density at radius 3 is 2.19 bits per heavy atom. The number of anilines is 2. The number of hydrogen-bond acceptors (Lipinski definition) is 7. The van der Waals surface area contributed by atoms with Gasteiger partial charge in [-0.15, -0.1) is 0 Å². The largest absolute Gasteiger partial charge is 0.495 e. The van der Waals surface area contributed by atoms with Gasteiger partial charge >= 0.3 is 0 Å². The zero-order chi connectivity index (χ0) is 31.8. The van der Waals surface area contributed by atoms with Gasteiger partial charge in [0, 0.05) is 51.9 Å². The first-order chi connectivity index (χ1) is 20.5. The number of halogens is 3. The Labute approximate surface area is 246 Å². The maximum absolute atomic E-state index is 14.1. The summed E-state index contributed by atoms with van der Waals surface area (Å²) in [6.45, 7) is 4.33. The molecule has 0 aliphatic carbocycles. The molecule has 10 nitrogen and oxygen atoms in total. The van der Waals surface area contributed by atoms with Crippen LogP contribution in [-0.4, -0.2) is 75.9 Å². The van der Waals surface area contributed by atoms with Crippen molar-refractivity contribution in [3.63, 3.8) is 0 Å². The lowest BCUT2D eigenvalue weighted by Gasteiger charge is -2.26. The van der Waals surface area contributed by atoms with E-state index < -0.39 is 23.4 Å². The standard InChI is InChI=1S/C27H26F3N5O2.C2H4O2.CH4O/c1-16-8-7-9-22(37-3)26(16)33(2)24-15-20(17-12-18(28)25(30)19(29)13-17)31-23-14-21(32-35(23)24)27(36)34-10-5-4-6-11-34;1-2(3)4;1-2/h7-9,12-15H,4-6,10-11H2,1-3H3;1H3,(H,3,4);2H,1H3. The molecule has 1 saturated heterocycles. The number of carboxylic acid groups (broad SMARTS) is 1. The van der Waals surface area contributed by atoms with Crippen molar-refractivity contribution >= 4 is 29.0 Å². The summed E-state index contributed by atoms with van der Waals surface area (Å²) in [5, 5.41) is 19.0. The third-order valence-corrected chi connectivity index (χ3v) is 6.65. The minimum absolute atomic E-state index is 0.0513. The van der Waals surface area contributed by atoms with Crippen LogP contribution in [0.3, 0.4) is 0 Å². The van der Waals surface area contributed by atoms with Crippen molar-refractivity contribution in [3.8, 4) is 17.0 Å². The lowest BCUT2D eigenvalue weighted by atomic mass is 10.1. The van der Waals surface area contributed by atoms with Crippen molar-refractivity contribution in [2.24, 2.45) is 0 Å².